The SMILES string of the molecule is N#CC1=C(N)Oc2n[nH]c(C34CC5CC(CC(C5)C3)C4)c2C1c1ccccc1OCc1ccc(Cl)cc1. The lowest BCUT2D eigenvalue weighted by atomic mass is 9.48. The van der Waals surface area contributed by atoms with Crippen LogP contribution in [0, 0.1) is 29.1 Å². The number of nitrogens with two attached hydrogens (primary N) is 1. The van der Waals surface area contributed by atoms with Gasteiger partial charge >= 0.3 is 0 Å². The van der Waals surface area contributed by atoms with Gasteiger partial charge in [0.1, 0.15) is 24.0 Å². The van der Waals surface area contributed by atoms with Crippen LogP contribution in [0.25, 0.3) is 0 Å². The number of nitrogens with zero attached hydrogens (tertiary/aromatic N) is 2. The third-order valence-corrected chi connectivity index (χ3v) is 9.30. The van der Waals surface area contributed by atoms with Crippen LogP contribution in [0.1, 0.15) is 66.8 Å². The summed E-state index contributed by atoms with van der Waals surface area (Å²) in [5.74, 6) is 3.24. The van der Waals surface area contributed by atoms with Crippen LogP contribution in [0.4, 0.5) is 0 Å². The number of aromatic amines is 1. The van der Waals surface area contributed by atoms with Crippen molar-refractivity contribution < 1.29 is 9.47 Å². The van der Waals surface area contributed by atoms with E-state index < -0.39 is 5.92 Å². The summed E-state index contributed by atoms with van der Waals surface area (Å²) in [6.45, 7) is 0.387. The molecule has 2 heterocycles. The van der Waals surface area contributed by atoms with Crippen molar-refractivity contribution in [3.8, 4) is 17.7 Å². The molecule has 0 spiro atoms. The minimum atomic E-state index is -0.406. The quantitative estimate of drug-likeness (QED) is 0.416. The van der Waals surface area contributed by atoms with Crippen molar-refractivity contribution in [2.24, 2.45) is 23.5 Å². The topological polar surface area (TPSA) is 97.0 Å². The van der Waals surface area contributed by atoms with Gasteiger partial charge in [-0.3, -0.25) is 5.10 Å². The van der Waals surface area contributed by atoms with Crippen LogP contribution in [0.15, 0.2) is 60.0 Å². The van der Waals surface area contributed by atoms with E-state index in [-0.39, 0.29) is 11.3 Å². The zero-order chi connectivity index (χ0) is 25.1. The van der Waals surface area contributed by atoms with Gasteiger partial charge in [0.25, 0.3) is 0 Å². The van der Waals surface area contributed by atoms with Crippen LogP contribution in [0.2, 0.25) is 5.02 Å². The number of benzene rings is 2. The van der Waals surface area contributed by atoms with Gasteiger partial charge in [-0.25, -0.2) is 0 Å². The Labute approximate surface area is 221 Å². The third-order valence-electron chi connectivity index (χ3n) is 9.05. The first-order chi connectivity index (χ1) is 18.0. The minimum Gasteiger partial charge on any atom is -0.489 e. The van der Waals surface area contributed by atoms with Gasteiger partial charge in [0.05, 0.1) is 11.5 Å². The monoisotopic (exact) mass is 512 g/mol. The molecular formula is C30H29ClN4O2. The molecular weight excluding hydrogens is 484 g/mol. The van der Waals surface area contributed by atoms with E-state index in [1.54, 1.807) is 0 Å². The maximum absolute atomic E-state index is 10.3. The van der Waals surface area contributed by atoms with Gasteiger partial charge < -0.3 is 15.2 Å². The van der Waals surface area contributed by atoms with E-state index in [9.17, 15) is 5.26 Å². The largest absolute Gasteiger partial charge is 0.489 e. The molecule has 0 saturated heterocycles. The van der Waals surface area contributed by atoms with Gasteiger partial charge in [0.15, 0.2) is 0 Å². The number of hydrogen-bond acceptors (Lipinski definition) is 5. The Bertz CT molecular complexity index is 1400. The fraction of sp³-hybridized carbons (Fsp3) is 0.400. The summed E-state index contributed by atoms with van der Waals surface area (Å²) >= 11 is 6.06. The summed E-state index contributed by atoms with van der Waals surface area (Å²) in [5.41, 5.74) is 10.8. The standard InChI is InChI=1S/C30H29ClN4O2/c31-21-7-5-17(6-8-21)16-36-24-4-2-1-3-22(24)25-23(15-32)28(33)37-29-26(25)27(34-35-29)30-12-18-9-19(13-30)11-20(10-18)14-30/h1-8,18-20,25H,9-14,16,33H2,(H,34,35). The number of allylic oxidation sites excluding steroid dienone is 1. The van der Waals surface area contributed by atoms with Crippen LogP contribution in [-0.2, 0) is 12.0 Å². The van der Waals surface area contributed by atoms with Crippen molar-refractivity contribution in [1.29, 1.82) is 5.26 Å². The zero-order valence-corrected chi connectivity index (χ0v) is 21.3. The average molecular weight is 513 g/mol. The first-order valence-corrected chi connectivity index (χ1v) is 13.5. The lowest BCUT2D eigenvalue weighted by molar-refractivity contribution is -0.00768. The van der Waals surface area contributed by atoms with E-state index in [0.717, 1.165) is 40.1 Å². The van der Waals surface area contributed by atoms with Crippen molar-refractivity contribution >= 4 is 11.6 Å². The Morgan fingerprint density at radius 2 is 1.73 bits per heavy atom. The Balaban J connectivity index is 1.32. The molecule has 1 aliphatic heterocycles. The molecule has 4 fully saturated rings. The van der Waals surface area contributed by atoms with Gasteiger partial charge in [0, 0.05) is 21.7 Å². The summed E-state index contributed by atoms with van der Waals surface area (Å²) in [4.78, 5) is 0. The number of ether oxygens (including phenoxy) is 2. The zero-order valence-electron chi connectivity index (χ0n) is 20.5. The van der Waals surface area contributed by atoms with Gasteiger partial charge in [0.2, 0.25) is 11.8 Å². The molecule has 1 atom stereocenters. The molecule has 8 rings (SSSR count). The van der Waals surface area contributed by atoms with Crippen molar-refractivity contribution in [2.75, 3.05) is 0 Å². The molecule has 4 bridgehead atoms. The average Bonchev–Trinajstić information content (AvgIpc) is 3.31. The number of aromatic nitrogens is 2. The Kier molecular flexibility index (Phi) is 5.26. The van der Waals surface area contributed by atoms with Crippen LogP contribution in [0.3, 0.4) is 0 Å². The molecule has 2 aromatic carbocycles. The number of para-hydroxylation sites is 1. The van der Waals surface area contributed by atoms with E-state index in [1.807, 2.05) is 48.5 Å². The molecule has 0 amide bonds. The molecule has 37 heavy (non-hydrogen) atoms. The van der Waals surface area contributed by atoms with Gasteiger partial charge in [-0.15, -0.1) is 5.10 Å². The molecule has 4 saturated carbocycles. The Morgan fingerprint density at radius 1 is 1.05 bits per heavy atom. The lowest BCUT2D eigenvalue weighted by Gasteiger charge is -2.56. The molecule has 3 aromatic rings. The number of nitriles is 1. The van der Waals surface area contributed by atoms with Crippen LogP contribution in [0.5, 0.6) is 11.6 Å². The van der Waals surface area contributed by atoms with Crippen molar-refractivity contribution in [2.45, 2.75) is 56.5 Å². The van der Waals surface area contributed by atoms with E-state index in [1.165, 1.54) is 38.5 Å². The second kappa shape index (κ2) is 8.56. The summed E-state index contributed by atoms with van der Waals surface area (Å²) in [6, 6.07) is 17.9. The number of fused-ring (bicyclic) bond motifs is 1. The molecule has 3 N–H and O–H groups in total. The highest BCUT2D eigenvalue weighted by molar-refractivity contribution is 6.30. The van der Waals surface area contributed by atoms with E-state index >= 15 is 0 Å². The fourth-order valence-corrected chi connectivity index (χ4v) is 8.10. The molecule has 5 aliphatic rings. The predicted octanol–water partition coefficient (Wildman–Crippen LogP) is 6.33. The number of H-pyrrole nitrogens is 1. The van der Waals surface area contributed by atoms with Crippen LogP contribution >= 0.6 is 11.6 Å². The number of hydrogen-bond donors (Lipinski definition) is 2. The molecule has 1 aromatic heterocycles. The highest BCUT2D eigenvalue weighted by Gasteiger charge is 2.54. The molecule has 188 valence electrons. The van der Waals surface area contributed by atoms with Crippen LogP contribution < -0.4 is 15.2 Å². The summed E-state index contributed by atoms with van der Waals surface area (Å²) in [7, 11) is 0. The van der Waals surface area contributed by atoms with Crippen molar-refractivity contribution in [3.05, 3.63) is 87.4 Å². The van der Waals surface area contributed by atoms with Crippen LogP contribution in [-0.4, -0.2) is 10.2 Å². The predicted molar refractivity (Wildman–Crippen MR) is 140 cm³/mol. The van der Waals surface area contributed by atoms with Gasteiger partial charge in [-0.2, -0.15) is 5.26 Å². The highest BCUT2D eigenvalue weighted by atomic mass is 35.5. The Morgan fingerprint density at radius 3 is 2.41 bits per heavy atom. The third kappa shape index (κ3) is 3.71. The molecule has 0 radical (unpaired) electrons. The molecule has 1 unspecified atom stereocenters. The Hall–Kier alpha value is -3.43. The van der Waals surface area contributed by atoms with Gasteiger partial charge in [-0.05, 0) is 80.0 Å². The number of halogens is 1. The second-order valence-electron chi connectivity index (χ2n) is 11.4. The number of nitrogens with one attached hydrogen (secondary N) is 1. The molecule has 6 nitrogen and oxygen atoms in total. The summed E-state index contributed by atoms with van der Waals surface area (Å²) in [5, 5.41) is 19.0. The first kappa shape index (κ1) is 22.7. The lowest BCUT2D eigenvalue weighted by Crippen LogP contribution is -2.49. The fourth-order valence-electron chi connectivity index (χ4n) is 7.97. The van der Waals surface area contributed by atoms with Crippen molar-refractivity contribution in [3.63, 3.8) is 0 Å². The second-order valence-corrected chi connectivity index (χ2v) is 11.8. The van der Waals surface area contributed by atoms with E-state index in [2.05, 4.69) is 16.3 Å². The molecule has 7 heteroatoms. The maximum atomic E-state index is 10.3. The highest BCUT2D eigenvalue weighted by Crippen LogP contribution is 2.62. The van der Waals surface area contributed by atoms with E-state index in [4.69, 9.17) is 26.8 Å². The van der Waals surface area contributed by atoms with Crippen molar-refractivity contribution in [1.82, 2.24) is 10.2 Å². The summed E-state index contributed by atoms with van der Waals surface area (Å²) < 4.78 is 12.3. The van der Waals surface area contributed by atoms with E-state index in [0.29, 0.717) is 28.8 Å². The smallest absolute Gasteiger partial charge is 0.244 e. The molecule has 4 aliphatic carbocycles. The number of rotatable bonds is 5. The first-order valence-electron chi connectivity index (χ1n) is 13.2. The summed E-state index contributed by atoms with van der Waals surface area (Å²) in [6.07, 6.45) is 7.59. The minimum absolute atomic E-state index is 0.0583. The van der Waals surface area contributed by atoms with Gasteiger partial charge in [-0.1, -0.05) is 41.9 Å². The maximum Gasteiger partial charge on any atom is 0.244 e. The normalized spacial score (nSPS) is 29.5.